The standard InChI is InChI=1S/C15H11N3O4/c1-21-9-4-3-8(5-10(9)22-2)11-14(6-16)12(19)18-13(20)15(11,14)7-17/h3-5,11H,1-2H3,(H,18,19,20)/t11?,14-,15+. The molecule has 1 saturated carbocycles. The van der Waals surface area contributed by atoms with Crippen LogP contribution in [0.2, 0.25) is 0 Å². The molecule has 3 atom stereocenters. The fraction of sp³-hybridized carbons (Fsp3) is 0.333. The van der Waals surface area contributed by atoms with Crippen molar-refractivity contribution < 1.29 is 19.1 Å². The maximum atomic E-state index is 12.0. The van der Waals surface area contributed by atoms with Crippen LogP contribution in [0.25, 0.3) is 0 Å². The Morgan fingerprint density at radius 2 is 1.59 bits per heavy atom. The van der Waals surface area contributed by atoms with Gasteiger partial charge in [0.25, 0.3) is 0 Å². The van der Waals surface area contributed by atoms with Crippen molar-refractivity contribution >= 4 is 11.8 Å². The molecule has 7 nitrogen and oxygen atoms in total. The molecule has 1 N–H and O–H groups in total. The fourth-order valence-electron chi connectivity index (χ4n) is 3.33. The normalized spacial score (nSPS) is 31.5. The van der Waals surface area contributed by atoms with Crippen LogP contribution in [0.1, 0.15) is 11.5 Å². The number of imide groups is 1. The van der Waals surface area contributed by atoms with E-state index in [-0.39, 0.29) is 0 Å². The van der Waals surface area contributed by atoms with Gasteiger partial charge in [0.05, 0.1) is 26.4 Å². The SMILES string of the molecule is COc1ccc(C2[C@]3(C#N)C(=O)NC(=O)[C@]23C#N)cc1OC. The number of carbonyl (C=O) groups is 2. The van der Waals surface area contributed by atoms with E-state index in [1.54, 1.807) is 18.2 Å². The van der Waals surface area contributed by atoms with Crippen molar-refractivity contribution in [3.63, 3.8) is 0 Å². The van der Waals surface area contributed by atoms with Crippen LogP contribution < -0.4 is 14.8 Å². The topological polar surface area (TPSA) is 112 Å². The zero-order chi connectivity index (χ0) is 16.1. The Kier molecular flexibility index (Phi) is 2.66. The van der Waals surface area contributed by atoms with Crippen molar-refractivity contribution in [2.24, 2.45) is 10.8 Å². The van der Waals surface area contributed by atoms with Crippen LogP contribution in [0.5, 0.6) is 11.5 Å². The maximum Gasteiger partial charge on any atom is 0.250 e. The molecule has 7 heteroatoms. The summed E-state index contributed by atoms with van der Waals surface area (Å²) >= 11 is 0. The lowest BCUT2D eigenvalue weighted by Gasteiger charge is -2.12. The van der Waals surface area contributed by atoms with Crippen molar-refractivity contribution in [2.75, 3.05) is 14.2 Å². The molecule has 1 unspecified atom stereocenters. The predicted octanol–water partition coefficient (Wildman–Crippen LogP) is 0.477. The zero-order valence-electron chi connectivity index (χ0n) is 11.8. The smallest absolute Gasteiger partial charge is 0.250 e. The van der Waals surface area contributed by atoms with E-state index < -0.39 is 28.6 Å². The van der Waals surface area contributed by atoms with Gasteiger partial charge in [-0.05, 0) is 17.7 Å². The summed E-state index contributed by atoms with van der Waals surface area (Å²) in [5, 5.41) is 21.0. The van der Waals surface area contributed by atoms with Gasteiger partial charge in [-0.3, -0.25) is 14.9 Å². The molecule has 110 valence electrons. The van der Waals surface area contributed by atoms with E-state index in [1.807, 2.05) is 12.1 Å². The lowest BCUT2D eigenvalue weighted by atomic mass is 9.98. The highest BCUT2D eigenvalue weighted by molar-refractivity contribution is 6.19. The van der Waals surface area contributed by atoms with Crippen LogP contribution >= 0.6 is 0 Å². The van der Waals surface area contributed by atoms with Crippen LogP contribution in [0.4, 0.5) is 0 Å². The molecule has 1 aliphatic heterocycles. The molecule has 0 radical (unpaired) electrons. The van der Waals surface area contributed by atoms with E-state index in [1.165, 1.54) is 14.2 Å². The van der Waals surface area contributed by atoms with Crippen LogP contribution in [0.15, 0.2) is 18.2 Å². The highest BCUT2D eigenvalue weighted by atomic mass is 16.5. The largest absolute Gasteiger partial charge is 0.493 e. The quantitative estimate of drug-likeness (QED) is 0.812. The number of piperidine rings is 1. The van der Waals surface area contributed by atoms with E-state index in [0.717, 1.165) is 0 Å². The van der Waals surface area contributed by atoms with Crippen molar-refractivity contribution in [3.05, 3.63) is 23.8 Å². The minimum absolute atomic E-state index is 0.402. The first-order valence-corrected chi connectivity index (χ1v) is 6.43. The summed E-state index contributed by atoms with van der Waals surface area (Å²) in [6.45, 7) is 0. The van der Waals surface area contributed by atoms with Gasteiger partial charge in [0.15, 0.2) is 22.3 Å². The molecule has 1 aromatic rings. The third kappa shape index (κ3) is 1.24. The molecule has 2 amide bonds. The Morgan fingerprint density at radius 1 is 1.05 bits per heavy atom. The molecule has 2 fully saturated rings. The number of nitrogens with zero attached hydrogens (tertiary/aromatic N) is 2. The fourth-order valence-corrected chi connectivity index (χ4v) is 3.33. The Morgan fingerprint density at radius 3 is 2.05 bits per heavy atom. The van der Waals surface area contributed by atoms with Gasteiger partial charge in [0.1, 0.15) is 0 Å². The van der Waals surface area contributed by atoms with Crippen molar-refractivity contribution in [3.8, 4) is 23.6 Å². The third-order valence-corrected chi connectivity index (χ3v) is 4.44. The Balaban J connectivity index is 2.15. The van der Waals surface area contributed by atoms with Gasteiger partial charge >= 0.3 is 0 Å². The zero-order valence-corrected chi connectivity index (χ0v) is 11.8. The van der Waals surface area contributed by atoms with E-state index in [4.69, 9.17) is 9.47 Å². The third-order valence-electron chi connectivity index (χ3n) is 4.44. The van der Waals surface area contributed by atoms with E-state index in [2.05, 4.69) is 5.32 Å². The highest BCUT2D eigenvalue weighted by Crippen LogP contribution is 2.76. The van der Waals surface area contributed by atoms with Gasteiger partial charge in [-0.25, -0.2) is 0 Å². The molecular weight excluding hydrogens is 286 g/mol. The Bertz CT molecular complexity index is 753. The van der Waals surface area contributed by atoms with Crippen molar-refractivity contribution in [2.45, 2.75) is 5.92 Å². The summed E-state index contributed by atoms with van der Waals surface area (Å²) in [5.41, 5.74) is -2.82. The summed E-state index contributed by atoms with van der Waals surface area (Å²) in [6.07, 6.45) is 0. The lowest BCUT2D eigenvalue weighted by molar-refractivity contribution is -0.128. The number of hydrogen-bond donors (Lipinski definition) is 1. The number of rotatable bonds is 3. The summed E-state index contributed by atoms with van der Waals surface area (Å²) in [7, 11) is 2.93. The molecule has 22 heavy (non-hydrogen) atoms. The summed E-state index contributed by atoms with van der Waals surface area (Å²) in [5.74, 6) is -1.37. The lowest BCUT2D eigenvalue weighted by Crippen LogP contribution is -2.31. The number of benzene rings is 1. The average Bonchev–Trinajstić information content (AvgIpc) is 3.11. The first kappa shape index (κ1) is 13.9. The minimum Gasteiger partial charge on any atom is -0.493 e. The molecule has 1 aromatic carbocycles. The molecule has 1 saturated heterocycles. The summed E-state index contributed by atoms with van der Waals surface area (Å²) in [4.78, 5) is 24.1. The first-order valence-electron chi connectivity index (χ1n) is 6.43. The van der Waals surface area contributed by atoms with Crippen LogP contribution in [0.3, 0.4) is 0 Å². The number of methoxy groups -OCH3 is 2. The van der Waals surface area contributed by atoms with Crippen LogP contribution in [-0.2, 0) is 9.59 Å². The summed E-state index contributed by atoms with van der Waals surface area (Å²) in [6, 6.07) is 8.57. The van der Waals surface area contributed by atoms with Gasteiger partial charge in [-0.1, -0.05) is 6.07 Å². The number of ether oxygens (including phenoxy) is 2. The maximum absolute atomic E-state index is 12.0. The number of carbonyl (C=O) groups excluding carboxylic acids is 2. The van der Waals surface area contributed by atoms with Gasteiger partial charge < -0.3 is 9.47 Å². The second-order valence-electron chi connectivity index (χ2n) is 5.17. The average molecular weight is 297 g/mol. The molecule has 3 rings (SSSR count). The Hall–Kier alpha value is -3.06. The molecule has 0 aromatic heterocycles. The van der Waals surface area contributed by atoms with Gasteiger partial charge in [0, 0.05) is 5.92 Å². The second kappa shape index (κ2) is 4.22. The highest BCUT2D eigenvalue weighted by Gasteiger charge is 2.90. The molecule has 0 spiro atoms. The minimum atomic E-state index is -1.67. The molecule has 1 heterocycles. The van der Waals surface area contributed by atoms with Crippen molar-refractivity contribution in [1.29, 1.82) is 10.5 Å². The van der Waals surface area contributed by atoms with Gasteiger partial charge in [0.2, 0.25) is 11.8 Å². The molecule has 0 bridgehead atoms. The van der Waals surface area contributed by atoms with E-state index in [0.29, 0.717) is 17.1 Å². The monoisotopic (exact) mass is 297 g/mol. The van der Waals surface area contributed by atoms with Crippen LogP contribution in [0, 0.1) is 33.5 Å². The predicted molar refractivity (Wildman–Crippen MR) is 71.5 cm³/mol. The van der Waals surface area contributed by atoms with E-state index >= 15 is 0 Å². The van der Waals surface area contributed by atoms with E-state index in [9.17, 15) is 20.1 Å². The molecule has 2 aliphatic rings. The number of nitriles is 2. The van der Waals surface area contributed by atoms with Gasteiger partial charge in [-0.15, -0.1) is 0 Å². The molecule has 1 aliphatic carbocycles. The number of nitrogens with one attached hydrogen (secondary N) is 1. The van der Waals surface area contributed by atoms with Crippen molar-refractivity contribution in [1.82, 2.24) is 5.32 Å². The van der Waals surface area contributed by atoms with Crippen LogP contribution in [-0.4, -0.2) is 26.0 Å². The molecular formula is C15H11N3O4. The summed E-state index contributed by atoms with van der Waals surface area (Å²) < 4.78 is 10.3. The second-order valence-corrected chi connectivity index (χ2v) is 5.17. The number of fused-ring (bicyclic) bond motifs is 1. The number of hydrogen-bond acceptors (Lipinski definition) is 6. The van der Waals surface area contributed by atoms with Gasteiger partial charge in [-0.2, -0.15) is 10.5 Å². The number of amides is 2. The Labute approximate surface area is 126 Å². The first-order chi connectivity index (χ1) is 10.5.